The molecule has 0 fully saturated rings. The normalized spacial score (nSPS) is 16.0. The largest absolute Gasteiger partial charge is 0.396 e. The number of amides is 1. The predicted molar refractivity (Wildman–Crippen MR) is 65.3 cm³/mol. The molecule has 0 aliphatic carbocycles. The van der Waals surface area contributed by atoms with Crippen molar-refractivity contribution < 1.29 is 15.0 Å². The monoisotopic (exact) mass is 237 g/mol. The Morgan fingerprint density at radius 3 is 2.41 bits per heavy atom. The highest BCUT2D eigenvalue weighted by atomic mass is 16.3. The van der Waals surface area contributed by atoms with Gasteiger partial charge in [0.1, 0.15) is 0 Å². The van der Waals surface area contributed by atoms with Crippen LogP contribution in [0.2, 0.25) is 0 Å². The van der Waals surface area contributed by atoms with E-state index in [9.17, 15) is 9.90 Å². The Balaban J connectivity index is 2.59. The van der Waals surface area contributed by atoms with Crippen LogP contribution in [0.4, 0.5) is 0 Å². The number of hydrogen-bond acceptors (Lipinski definition) is 3. The molecule has 3 atom stereocenters. The molecule has 94 valence electrons. The number of aliphatic hydroxyl groups is 2. The Morgan fingerprint density at radius 2 is 1.88 bits per heavy atom. The van der Waals surface area contributed by atoms with Crippen LogP contribution in [0.15, 0.2) is 30.3 Å². The van der Waals surface area contributed by atoms with Crippen molar-refractivity contribution in [1.82, 2.24) is 5.32 Å². The first-order chi connectivity index (χ1) is 8.06. The Bertz CT molecular complexity index is 353. The maximum absolute atomic E-state index is 11.7. The molecule has 0 spiro atoms. The third kappa shape index (κ3) is 3.84. The summed E-state index contributed by atoms with van der Waals surface area (Å²) in [5.74, 6) is -0.481. The highest BCUT2D eigenvalue weighted by molar-refractivity contribution is 5.82. The van der Waals surface area contributed by atoms with Crippen LogP contribution in [-0.4, -0.2) is 28.8 Å². The van der Waals surface area contributed by atoms with Gasteiger partial charge in [0.05, 0.1) is 0 Å². The second-order valence-electron chi connectivity index (χ2n) is 4.27. The van der Waals surface area contributed by atoms with Crippen LogP contribution in [0, 0.1) is 5.92 Å². The summed E-state index contributed by atoms with van der Waals surface area (Å²) in [6.45, 7) is 3.64. The van der Waals surface area contributed by atoms with Gasteiger partial charge in [0.25, 0.3) is 5.91 Å². The lowest BCUT2D eigenvalue weighted by Crippen LogP contribution is -2.40. The Morgan fingerprint density at radius 1 is 1.29 bits per heavy atom. The van der Waals surface area contributed by atoms with Crippen molar-refractivity contribution in [3.05, 3.63) is 35.9 Å². The maximum Gasteiger partial charge on any atom is 0.253 e. The third-order valence-corrected chi connectivity index (χ3v) is 2.88. The van der Waals surface area contributed by atoms with Crippen LogP contribution in [0.1, 0.15) is 25.5 Å². The first kappa shape index (κ1) is 13.7. The summed E-state index contributed by atoms with van der Waals surface area (Å²) < 4.78 is 0. The number of carbonyl (C=O) groups is 1. The lowest BCUT2D eigenvalue weighted by Gasteiger charge is -2.21. The molecule has 0 saturated carbocycles. The van der Waals surface area contributed by atoms with Gasteiger partial charge in [-0.05, 0) is 18.4 Å². The SMILES string of the molecule is CC(CO)C(C)NC(=O)[C@@H](O)c1ccccc1. The average molecular weight is 237 g/mol. The number of rotatable bonds is 5. The maximum atomic E-state index is 11.7. The van der Waals surface area contributed by atoms with Crippen molar-refractivity contribution in [2.24, 2.45) is 5.92 Å². The average Bonchev–Trinajstić information content (AvgIpc) is 2.37. The van der Waals surface area contributed by atoms with Gasteiger partial charge in [-0.25, -0.2) is 0 Å². The van der Waals surface area contributed by atoms with E-state index in [0.717, 1.165) is 0 Å². The van der Waals surface area contributed by atoms with E-state index in [1.807, 2.05) is 13.0 Å². The Labute approximate surface area is 101 Å². The molecule has 3 N–H and O–H groups in total. The van der Waals surface area contributed by atoms with Crippen molar-refractivity contribution in [2.45, 2.75) is 26.0 Å². The van der Waals surface area contributed by atoms with Gasteiger partial charge in [0, 0.05) is 12.6 Å². The van der Waals surface area contributed by atoms with E-state index >= 15 is 0 Å². The Hall–Kier alpha value is -1.39. The summed E-state index contributed by atoms with van der Waals surface area (Å²) in [7, 11) is 0. The minimum Gasteiger partial charge on any atom is -0.396 e. The number of aliphatic hydroxyl groups excluding tert-OH is 2. The molecule has 0 aromatic heterocycles. The molecular formula is C13H19NO3. The number of nitrogens with one attached hydrogen (secondary N) is 1. The molecular weight excluding hydrogens is 218 g/mol. The zero-order chi connectivity index (χ0) is 12.8. The van der Waals surface area contributed by atoms with Gasteiger partial charge < -0.3 is 15.5 Å². The van der Waals surface area contributed by atoms with E-state index in [0.29, 0.717) is 5.56 Å². The van der Waals surface area contributed by atoms with Crippen molar-refractivity contribution in [3.8, 4) is 0 Å². The quantitative estimate of drug-likeness (QED) is 0.711. The minimum atomic E-state index is -1.16. The zero-order valence-electron chi connectivity index (χ0n) is 10.1. The van der Waals surface area contributed by atoms with Crippen molar-refractivity contribution >= 4 is 5.91 Å². The number of carbonyl (C=O) groups excluding carboxylic acids is 1. The molecule has 1 rings (SSSR count). The van der Waals surface area contributed by atoms with Gasteiger partial charge in [-0.2, -0.15) is 0 Å². The zero-order valence-corrected chi connectivity index (χ0v) is 10.1. The van der Waals surface area contributed by atoms with Crippen molar-refractivity contribution in [1.29, 1.82) is 0 Å². The summed E-state index contributed by atoms with van der Waals surface area (Å²) in [4.78, 5) is 11.7. The predicted octanol–water partition coefficient (Wildman–Crippen LogP) is 0.853. The topological polar surface area (TPSA) is 69.6 Å². The van der Waals surface area contributed by atoms with E-state index in [1.54, 1.807) is 31.2 Å². The molecule has 17 heavy (non-hydrogen) atoms. The van der Waals surface area contributed by atoms with Gasteiger partial charge in [-0.15, -0.1) is 0 Å². The Kier molecular flexibility index (Phi) is 5.12. The molecule has 0 radical (unpaired) electrons. The molecule has 1 amide bonds. The number of benzene rings is 1. The van der Waals surface area contributed by atoms with Crippen LogP contribution < -0.4 is 5.32 Å². The van der Waals surface area contributed by atoms with Gasteiger partial charge in [0.15, 0.2) is 6.10 Å². The molecule has 1 aromatic carbocycles. The van der Waals surface area contributed by atoms with Crippen LogP contribution in [0.25, 0.3) is 0 Å². The van der Waals surface area contributed by atoms with E-state index < -0.39 is 12.0 Å². The van der Waals surface area contributed by atoms with Crippen LogP contribution >= 0.6 is 0 Å². The fourth-order valence-electron chi connectivity index (χ4n) is 1.39. The van der Waals surface area contributed by atoms with Crippen LogP contribution in [0.5, 0.6) is 0 Å². The summed E-state index contributed by atoms with van der Waals surface area (Å²) in [6, 6.07) is 8.59. The van der Waals surface area contributed by atoms with E-state index in [-0.39, 0.29) is 18.6 Å². The van der Waals surface area contributed by atoms with Crippen LogP contribution in [0.3, 0.4) is 0 Å². The third-order valence-electron chi connectivity index (χ3n) is 2.88. The molecule has 4 nitrogen and oxygen atoms in total. The first-order valence-corrected chi connectivity index (χ1v) is 5.70. The van der Waals surface area contributed by atoms with Crippen molar-refractivity contribution in [3.63, 3.8) is 0 Å². The molecule has 4 heteroatoms. The summed E-state index contributed by atoms with van der Waals surface area (Å²) >= 11 is 0. The van der Waals surface area contributed by atoms with Gasteiger partial charge in [-0.1, -0.05) is 37.3 Å². The molecule has 0 bridgehead atoms. The summed E-state index contributed by atoms with van der Waals surface area (Å²) in [5.41, 5.74) is 0.564. The number of hydrogen-bond donors (Lipinski definition) is 3. The minimum absolute atomic E-state index is 0.00286. The summed E-state index contributed by atoms with van der Waals surface area (Å²) in [6.07, 6.45) is -1.16. The lowest BCUT2D eigenvalue weighted by molar-refractivity contribution is -0.130. The lowest BCUT2D eigenvalue weighted by atomic mass is 10.0. The molecule has 0 aliphatic rings. The smallest absolute Gasteiger partial charge is 0.253 e. The highest BCUT2D eigenvalue weighted by Gasteiger charge is 2.20. The second-order valence-corrected chi connectivity index (χ2v) is 4.27. The van der Waals surface area contributed by atoms with E-state index in [4.69, 9.17) is 5.11 Å². The standard InChI is InChI=1S/C13H19NO3/c1-9(8-15)10(2)14-13(17)12(16)11-6-4-3-5-7-11/h3-7,9-10,12,15-16H,8H2,1-2H3,(H,14,17)/t9?,10?,12-/m0/s1. The van der Waals surface area contributed by atoms with Gasteiger partial charge in [0.2, 0.25) is 0 Å². The molecule has 0 saturated heterocycles. The van der Waals surface area contributed by atoms with Crippen LogP contribution in [-0.2, 0) is 4.79 Å². The van der Waals surface area contributed by atoms with Crippen molar-refractivity contribution in [2.75, 3.05) is 6.61 Å². The second kappa shape index (κ2) is 6.37. The molecule has 0 heterocycles. The fourth-order valence-corrected chi connectivity index (χ4v) is 1.39. The molecule has 0 aliphatic heterocycles. The fraction of sp³-hybridized carbons (Fsp3) is 0.462. The molecule has 1 aromatic rings. The first-order valence-electron chi connectivity index (χ1n) is 5.70. The molecule has 2 unspecified atom stereocenters. The van der Waals surface area contributed by atoms with E-state index in [2.05, 4.69) is 5.32 Å². The van der Waals surface area contributed by atoms with Gasteiger partial charge >= 0.3 is 0 Å². The summed E-state index contributed by atoms with van der Waals surface area (Å²) in [5, 5.41) is 21.5. The van der Waals surface area contributed by atoms with Gasteiger partial charge in [-0.3, -0.25) is 4.79 Å². The highest BCUT2D eigenvalue weighted by Crippen LogP contribution is 2.13. The van der Waals surface area contributed by atoms with E-state index in [1.165, 1.54) is 0 Å².